The van der Waals surface area contributed by atoms with Crippen LogP contribution < -0.4 is 10.6 Å². The zero-order valence-corrected chi connectivity index (χ0v) is 16.5. The summed E-state index contributed by atoms with van der Waals surface area (Å²) in [5.74, 6) is 1.12. The maximum absolute atomic E-state index is 12.7. The highest BCUT2D eigenvalue weighted by Crippen LogP contribution is 2.24. The number of nitrogens with zero attached hydrogens (tertiary/aromatic N) is 2. The molecule has 1 atom stereocenters. The zero-order valence-electron chi connectivity index (χ0n) is 15.7. The van der Waals surface area contributed by atoms with Crippen LogP contribution >= 0.6 is 0 Å². The van der Waals surface area contributed by atoms with Crippen molar-refractivity contribution in [3.8, 4) is 0 Å². The SMILES string of the molecule is Cc1nc(NC2CCS(=O)(=O)C2)cc(C(=O)Nc2ccccc2C(C)C)n1. The maximum atomic E-state index is 12.7. The van der Waals surface area contributed by atoms with E-state index in [0.29, 0.717) is 18.1 Å². The number of carbonyl (C=O) groups excluding carboxylic acids is 1. The summed E-state index contributed by atoms with van der Waals surface area (Å²) in [4.78, 5) is 21.2. The van der Waals surface area contributed by atoms with Gasteiger partial charge in [-0.3, -0.25) is 4.79 Å². The number of hydrogen-bond acceptors (Lipinski definition) is 6. The fourth-order valence-electron chi connectivity index (χ4n) is 3.18. The molecule has 7 nitrogen and oxygen atoms in total. The van der Waals surface area contributed by atoms with Crippen LogP contribution in [-0.2, 0) is 9.84 Å². The van der Waals surface area contributed by atoms with Gasteiger partial charge in [-0.2, -0.15) is 0 Å². The molecule has 0 radical (unpaired) electrons. The van der Waals surface area contributed by atoms with E-state index in [1.165, 1.54) is 0 Å². The lowest BCUT2D eigenvalue weighted by Gasteiger charge is -2.15. The standard InChI is InChI=1S/C19H24N4O3S/c1-12(2)15-6-4-5-7-16(15)23-19(24)17-10-18(21-13(3)20-17)22-14-8-9-27(25,26)11-14/h4-7,10,12,14H,8-9,11H2,1-3H3,(H,23,24)(H,20,21,22). The van der Waals surface area contributed by atoms with Gasteiger partial charge in [-0.05, 0) is 30.9 Å². The number of amides is 1. The van der Waals surface area contributed by atoms with Crippen LogP contribution in [0.1, 0.15) is 48.1 Å². The molecule has 2 aromatic rings. The van der Waals surface area contributed by atoms with E-state index in [1.54, 1.807) is 13.0 Å². The zero-order chi connectivity index (χ0) is 19.6. The van der Waals surface area contributed by atoms with E-state index in [9.17, 15) is 13.2 Å². The molecule has 1 aliphatic heterocycles. The van der Waals surface area contributed by atoms with Crippen molar-refractivity contribution in [1.82, 2.24) is 9.97 Å². The molecule has 27 heavy (non-hydrogen) atoms. The molecule has 1 fully saturated rings. The van der Waals surface area contributed by atoms with E-state index < -0.39 is 9.84 Å². The van der Waals surface area contributed by atoms with Crippen molar-refractivity contribution >= 4 is 27.2 Å². The normalized spacial score (nSPS) is 18.4. The molecule has 8 heteroatoms. The number of hydrogen-bond donors (Lipinski definition) is 2. The molecule has 1 amide bonds. The molecule has 1 aromatic heterocycles. The van der Waals surface area contributed by atoms with Gasteiger partial charge in [0.2, 0.25) is 0 Å². The molecule has 0 spiro atoms. The van der Waals surface area contributed by atoms with Gasteiger partial charge < -0.3 is 10.6 Å². The number of anilines is 2. The maximum Gasteiger partial charge on any atom is 0.274 e. The lowest BCUT2D eigenvalue weighted by Crippen LogP contribution is -2.23. The van der Waals surface area contributed by atoms with Crippen molar-refractivity contribution in [2.24, 2.45) is 0 Å². The molecule has 0 bridgehead atoms. The van der Waals surface area contributed by atoms with E-state index >= 15 is 0 Å². The molecule has 2 heterocycles. The third-order valence-electron chi connectivity index (χ3n) is 4.49. The molecular formula is C19H24N4O3S. The number of carbonyl (C=O) groups is 1. The third-order valence-corrected chi connectivity index (χ3v) is 6.25. The monoisotopic (exact) mass is 388 g/mol. The number of para-hydroxylation sites is 1. The van der Waals surface area contributed by atoms with Crippen molar-refractivity contribution < 1.29 is 13.2 Å². The van der Waals surface area contributed by atoms with Gasteiger partial charge in [0, 0.05) is 17.8 Å². The van der Waals surface area contributed by atoms with Gasteiger partial charge in [0.1, 0.15) is 17.3 Å². The van der Waals surface area contributed by atoms with E-state index in [2.05, 4.69) is 34.4 Å². The Morgan fingerprint density at radius 3 is 2.63 bits per heavy atom. The Morgan fingerprint density at radius 2 is 1.96 bits per heavy atom. The second-order valence-corrected chi connectivity index (χ2v) is 9.35. The summed E-state index contributed by atoms with van der Waals surface area (Å²) in [6.45, 7) is 5.84. The summed E-state index contributed by atoms with van der Waals surface area (Å²) in [5.41, 5.74) is 2.04. The van der Waals surface area contributed by atoms with Crippen LogP contribution in [0.15, 0.2) is 30.3 Å². The van der Waals surface area contributed by atoms with Crippen LogP contribution in [0.3, 0.4) is 0 Å². The quantitative estimate of drug-likeness (QED) is 0.817. The first-order valence-electron chi connectivity index (χ1n) is 8.96. The predicted octanol–water partition coefficient (Wildman–Crippen LogP) is 2.76. The third kappa shape index (κ3) is 4.82. The summed E-state index contributed by atoms with van der Waals surface area (Å²) in [5, 5.41) is 6.03. The van der Waals surface area contributed by atoms with Crippen molar-refractivity contribution in [2.45, 2.75) is 39.2 Å². The Labute approximate surface area is 159 Å². The second-order valence-electron chi connectivity index (χ2n) is 7.13. The molecule has 2 N–H and O–H groups in total. The van der Waals surface area contributed by atoms with E-state index in [4.69, 9.17) is 0 Å². The molecule has 3 rings (SSSR count). The van der Waals surface area contributed by atoms with Crippen LogP contribution in [0.5, 0.6) is 0 Å². The summed E-state index contributed by atoms with van der Waals surface area (Å²) in [6, 6.07) is 9.04. The Balaban J connectivity index is 1.79. The van der Waals surface area contributed by atoms with Crippen molar-refractivity contribution in [3.05, 3.63) is 47.4 Å². The molecule has 0 saturated carbocycles. The molecule has 1 unspecified atom stereocenters. The molecule has 144 valence electrons. The van der Waals surface area contributed by atoms with Crippen molar-refractivity contribution in [1.29, 1.82) is 0 Å². The Morgan fingerprint density at radius 1 is 1.22 bits per heavy atom. The average molecular weight is 388 g/mol. The topological polar surface area (TPSA) is 101 Å². The van der Waals surface area contributed by atoms with E-state index in [1.807, 2.05) is 24.3 Å². The average Bonchev–Trinajstić information content (AvgIpc) is 2.93. The highest BCUT2D eigenvalue weighted by Gasteiger charge is 2.28. The number of aryl methyl sites for hydroxylation is 1. The van der Waals surface area contributed by atoms with Crippen molar-refractivity contribution in [3.63, 3.8) is 0 Å². The van der Waals surface area contributed by atoms with Gasteiger partial charge in [0.05, 0.1) is 11.5 Å². The van der Waals surface area contributed by atoms with Crippen LogP contribution in [0.2, 0.25) is 0 Å². The van der Waals surface area contributed by atoms with Gasteiger partial charge >= 0.3 is 0 Å². The minimum atomic E-state index is -2.99. The fraction of sp³-hybridized carbons (Fsp3) is 0.421. The molecule has 1 aliphatic rings. The number of rotatable bonds is 5. The first-order valence-corrected chi connectivity index (χ1v) is 10.8. The molecular weight excluding hydrogens is 364 g/mol. The van der Waals surface area contributed by atoms with Crippen LogP contribution in [0, 0.1) is 6.92 Å². The lowest BCUT2D eigenvalue weighted by atomic mass is 10.0. The Hall–Kier alpha value is -2.48. The van der Waals surface area contributed by atoms with Crippen LogP contribution in [0.25, 0.3) is 0 Å². The highest BCUT2D eigenvalue weighted by atomic mass is 32.2. The van der Waals surface area contributed by atoms with E-state index in [0.717, 1.165) is 11.3 Å². The Bertz CT molecular complexity index is 957. The summed E-state index contributed by atoms with van der Waals surface area (Å²) >= 11 is 0. The van der Waals surface area contributed by atoms with Crippen LogP contribution in [0.4, 0.5) is 11.5 Å². The summed E-state index contributed by atoms with van der Waals surface area (Å²) < 4.78 is 23.3. The molecule has 0 aliphatic carbocycles. The van der Waals surface area contributed by atoms with Crippen LogP contribution in [-0.4, -0.2) is 41.8 Å². The second kappa shape index (κ2) is 7.64. The number of benzene rings is 1. The molecule has 1 saturated heterocycles. The first-order chi connectivity index (χ1) is 12.7. The van der Waals surface area contributed by atoms with Gasteiger partial charge in [-0.15, -0.1) is 0 Å². The van der Waals surface area contributed by atoms with Gasteiger partial charge in [-0.25, -0.2) is 18.4 Å². The van der Waals surface area contributed by atoms with Gasteiger partial charge in [0.15, 0.2) is 9.84 Å². The molecule has 1 aromatic carbocycles. The number of sulfone groups is 1. The predicted molar refractivity (Wildman–Crippen MR) is 106 cm³/mol. The summed E-state index contributed by atoms with van der Waals surface area (Å²) in [7, 11) is -2.99. The largest absolute Gasteiger partial charge is 0.366 e. The van der Waals surface area contributed by atoms with Crippen molar-refractivity contribution in [2.75, 3.05) is 22.1 Å². The minimum absolute atomic E-state index is 0.0827. The number of nitrogens with one attached hydrogen (secondary N) is 2. The van der Waals surface area contributed by atoms with Gasteiger partial charge in [0.25, 0.3) is 5.91 Å². The Kier molecular flexibility index (Phi) is 5.46. The minimum Gasteiger partial charge on any atom is -0.366 e. The number of aromatic nitrogens is 2. The first kappa shape index (κ1) is 19.3. The summed E-state index contributed by atoms with van der Waals surface area (Å²) in [6.07, 6.45) is 0.536. The van der Waals surface area contributed by atoms with E-state index in [-0.39, 0.29) is 35.1 Å². The lowest BCUT2D eigenvalue weighted by molar-refractivity contribution is 0.102. The smallest absolute Gasteiger partial charge is 0.274 e. The highest BCUT2D eigenvalue weighted by molar-refractivity contribution is 7.91. The van der Waals surface area contributed by atoms with Gasteiger partial charge in [-0.1, -0.05) is 32.0 Å². The fourth-order valence-corrected chi connectivity index (χ4v) is 4.85.